The zero-order valence-corrected chi connectivity index (χ0v) is 13.7. The van der Waals surface area contributed by atoms with E-state index >= 15 is 0 Å². The molecule has 0 fully saturated rings. The molecule has 2 aromatic carbocycles. The molecule has 0 atom stereocenters. The molecule has 0 aliphatic heterocycles. The first-order chi connectivity index (χ1) is 12.5. The van der Waals surface area contributed by atoms with E-state index in [-0.39, 0.29) is 24.5 Å². The average molecular weight is 358 g/mol. The van der Waals surface area contributed by atoms with Crippen LogP contribution in [0.2, 0.25) is 0 Å². The van der Waals surface area contributed by atoms with E-state index in [1.165, 1.54) is 61.0 Å². The Morgan fingerprint density at radius 2 is 1.08 bits per heavy atom. The Hall–Kier alpha value is -3.42. The Morgan fingerprint density at radius 3 is 1.42 bits per heavy atom. The van der Waals surface area contributed by atoms with Crippen LogP contribution in [0.25, 0.3) is 0 Å². The highest BCUT2D eigenvalue weighted by atomic mass is 19.1. The summed E-state index contributed by atoms with van der Waals surface area (Å²) in [4.78, 5) is 23.2. The first kappa shape index (κ1) is 18.9. The van der Waals surface area contributed by atoms with E-state index in [0.29, 0.717) is 11.1 Å². The van der Waals surface area contributed by atoms with Gasteiger partial charge in [0.2, 0.25) is 11.8 Å². The van der Waals surface area contributed by atoms with Gasteiger partial charge in [-0.2, -0.15) is 10.2 Å². The van der Waals surface area contributed by atoms with Gasteiger partial charge in [-0.15, -0.1) is 0 Å². The first-order valence-corrected chi connectivity index (χ1v) is 7.68. The molecular formula is C18H16F2N4O2. The molecule has 2 aromatic rings. The van der Waals surface area contributed by atoms with Crippen LogP contribution >= 0.6 is 0 Å². The average Bonchev–Trinajstić information content (AvgIpc) is 2.63. The Kier molecular flexibility index (Phi) is 7.11. The molecule has 0 heterocycles. The van der Waals surface area contributed by atoms with E-state index in [4.69, 9.17) is 0 Å². The van der Waals surface area contributed by atoms with Crippen molar-refractivity contribution in [3.8, 4) is 0 Å². The van der Waals surface area contributed by atoms with Crippen molar-refractivity contribution in [2.45, 2.75) is 12.8 Å². The van der Waals surface area contributed by atoms with Crippen LogP contribution in [0, 0.1) is 11.6 Å². The smallest absolute Gasteiger partial charge is 0.240 e. The minimum Gasteiger partial charge on any atom is -0.273 e. The largest absolute Gasteiger partial charge is 0.273 e. The van der Waals surface area contributed by atoms with Gasteiger partial charge in [0.1, 0.15) is 11.6 Å². The Labute approximate surface area is 148 Å². The predicted octanol–water partition coefficient (Wildman–Crippen LogP) is 2.35. The van der Waals surface area contributed by atoms with Crippen molar-refractivity contribution in [3.63, 3.8) is 0 Å². The van der Waals surface area contributed by atoms with Crippen LogP contribution in [0.4, 0.5) is 8.78 Å². The topological polar surface area (TPSA) is 82.9 Å². The third kappa shape index (κ3) is 7.00. The summed E-state index contributed by atoms with van der Waals surface area (Å²) >= 11 is 0. The van der Waals surface area contributed by atoms with Crippen LogP contribution < -0.4 is 10.9 Å². The van der Waals surface area contributed by atoms with Crippen molar-refractivity contribution < 1.29 is 18.4 Å². The normalized spacial score (nSPS) is 11.0. The van der Waals surface area contributed by atoms with Crippen LogP contribution in [0.5, 0.6) is 0 Å². The predicted molar refractivity (Wildman–Crippen MR) is 93.5 cm³/mol. The number of carbonyl (C=O) groups excluding carboxylic acids is 2. The van der Waals surface area contributed by atoms with Gasteiger partial charge >= 0.3 is 0 Å². The van der Waals surface area contributed by atoms with E-state index in [1.807, 2.05) is 0 Å². The van der Waals surface area contributed by atoms with Gasteiger partial charge in [-0.05, 0) is 35.4 Å². The summed E-state index contributed by atoms with van der Waals surface area (Å²) in [5.41, 5.74) is 5.79. The number of nitrogens with zero attached hydrogens (tertiary/aromatic N) is 2. The molecule has 2 amide bonds. The number of hydrogen-bond acceptors (Lipinski definition) is 4. The van der Waals surface area contributed by atoms with E-state index < -0.39 is 11.8 Å². The van der Waals surface area contributed by atoms with Gasteiger partial charge < -0.3 is 0 Å². The molecule has 0 aromatic heterocycles. The fraction of sp³-hybridized carbons (Fsp3) is 0.111. The Morgan fingerprint density at radius 1 is 0.731 bits per heavy atom. The molecule has 0 unspecified atom stereocenters. The molecule has 0 aliphatic carbocycles. The molecular weight excluding hydrogens is 342 g/mol. The Balaban J connectivity index is 1.67. The van der Waals surface area contributed by atoms with Gasteiger partial charge in [0.05, 0.1) is 12.4 Å². The van der Waals surface area contributed by atoms with Crippen LogP contribution in [0.1, 0.15) is 24.0 Å². The van der Waals surface area contributed by atoms with Crippen molar-refractivity contribution >= 4 is 24.2 Å². The number of benzene rings is 2. The highest BCUT2D eigenvalue weighted by Crippen LogP contribution is 2.00. The number of amides is 2. The second-order valence-electron chi connectivity index (χ2n) is 5.19. The van der Waals surface area contributed by atoms with Gasteiger partial charge in [-0.25, -0.2) is 19.6 Å². The molecule has 6 nitrogen and oxygen atoms in total. The number of nitrogens with one attached hydrogen (secondary N) is 2. The minimum absolute atomic E-state index is 0.0708. The highest BCUT2D eigenvalue weighted by Gasteiger charge is 2.05. The number of hydrogen-bond donors (Lipinski definition) is 2. The number of halogens is 2. The molecule has 134 valence electrons. The first-order valence-electron chi connectivity index (χ1n) is 7.68. The van der Waals surface area contributed by atoms with Gasteiger partial charge in [0, 0.05) is 12.8 Å². The molecule has 2 rings (SSSR count). The summed E-state index contributed by atoms with van der Waals surface area (Å²) in [6, 6.07) is 11.2. The van der Waals surface area contributed by atoms with E-state index in [0.717, 1.165) is 0 Å². The molecule has 0 radical (unpaired) electrons. The lowest BCUT2D eigenvalue weighted by Crippen LogP contribution is -2.22. The molecule has 2 N–H and O–H groups in total. The summed E-state index contributed by atoms with van der Waals surface area (Å²) in [7, 11) is 0. The molecule has 0 aliphatic rings. The maximum Gasteiger partial charge on any atom is 0.240 e. The lowest BCUT2D eigenvalue weighted by molar-refractivity contribution is -0.126. The summed E-state index contributed by atoms with van der Waals surface area (Å²) in [6.07, 6.45) is 2.59. The number of carbonyl (C=O) groups is 2. The fourth-order valence-electron chi connectivity index (χ4n) is 1.79. The quantitative estimate of drug-likeness (QED) is 0.588. The van der Waals surface area contributed by atoms with Crippen LogP contribution in [-0.2, 0) is 9.59 Å². The lowest BCUT2D eigenvalue weighted by atomic mass is 10.2. The third-order valence-electron chi connectivity index (χ3n) is 3.12. The summed E-state index contributed by atoms with van der Waals surface area (Å²) in [5, 5.41) is 7.44. The van der Waals surface area contributed by atoms with Crippen LogP contribution in [-0.4, -0.2) is 24.2 Å². The van der Waals surface area contributed by atoms with E-state index in [2.05, 4.69) is 21.1 Å². The third-order valence-corrected chi connectivity index (χ3v) is 3.12. The van der Waals surface area contributed by atoms with E-state index in [1.54, 1.807) is 0 Å². The summed E-state index contributed by atoms with van der Waals surface area (Å²) in [5.74, 6) is -1.61. The number of hydrazone groups is 2. The molecule has 0 saturated carbocycles. The summed E-state index contributed by atoms with van der Waals surface area (Å²) < 4.78 is 25.5. The maximum absolute atomic E-state index is 12.7. The highest BCUT2D eigenvalue weighted by molar-refractivity contribution is 5.86. The fourth-order valence-corrected chi connectivity index (χ4v) is 1.79. The molecule has 26 heavy (non-hydrogen) atoms. The van der Waals surface area contributed by atoms with Crippen molar-refractivity contribution in [1.82, 2.24) is 10.9 Å². The zero-order chi connectivity index (χ0) is 18.8. The Bertz CT molecular complexity index is 733. The van der Waals surface area contributed by atoms with Crippen LogP contribution in [0.15, 0.2) is 58.7 Å². The van der Waals surface area contributed by atoms with Gasteiger partial charge in [-0.3, -0.25) is 9.59 Å². The van der Waals surface area contributed by atoms with E-state index in [9.17, 15) is 18.4 Å². The SMILES string of the molecule is O=C(CCC(=O)NN=Cc1ccc(F)cc1)NN=Cc1ccc(F)cc1. The molecule has 0 saturated heterocycles. The summed E-state index contributed by atoms with van der Waals surface area (Å²) in [6.45, 7) is 0. The van der Waals surface area contributed by atoms with Gasteiger partial charge in [-0.1, -0.05) is 24.3 Å². The minimum atomic E-state index is -0.443. The molecule has 8 heteroatoms. The lowest BCUT2D eigenvalue weighted by Gasteiger charge is -2.00. The van der Waals surface area contributed by atoms with Gasteiger partial charge in [0.25, 0.3) is 0 Å². The molecule has 0 spiro atoms. The second kappa shape index (κ2) is 9.77. The van der Waals surface area contributed by atoms with Crippen molar-refractivity contribution in [2.24, 2.45) is 10.2 Å². The zero-order valence-electron chi connectivity index (χ0n) is 13.7. The standard InChI is InChI=1S/C18H16F2N4O2/c19-15-5-1-13(2-6-15)11-21-23-17(25)9-10-18(26)24-22-12-14-3-7-16(20)8-4-14/h1-8,11-12H,9-10H2,(H,23,25)(H,24,26). The second-order valence-corrected chi connectivity index (χ2v) is 5.19. The van der Waals surface area contributed by atoms with Crippen molar-refractivity contribution in [3.05, 3.63) is 71.3 Å². The van der Waals surface area contributed by atoms with Gasteiger partial charge in [0.15, 0.2) is 0 Å². The number of rotatable bonds is 7. The van der Waals surface area contributed by atoms with Crippen molar-refractivity contribution in [1.29, 1.82) is 0 Å². The monoisotopic (exact) mass is 358 g/mol. The van der Waals surface area contributed by atoms with Crippen molar-refractivity contribution in [2.75, 3.05) is 0 Å². The molecule has 0 bridgehead atoms. The maximum atomic E-state index is 12.7. The van der Waals surface area contributed by atoms with Crippen LogP contribution in [0.3, 0.4) is 0 Å².